The molecule has 0 unspecified atom stereocenters. The Balaban J connectivity index is 1.80. The molecule has 0 bridgehead atoms. The number of anilines is 2. The second-order valence-electron chi connectivity index (χ2n) is 7.26. The first-order chi connectivity index (χ1) is 12.2. The molecule has 0 atom stereocenters. The first-order valence-corrected chi connectivity index (χ1v) is 8.37. The molecule has 0 spiro atoms. The van der Waals surface area contributed by atoms with Crippen LogP contribution < -0.4 is 15.0 Å². The molecule has 2 aromatic carbocycles. The van der Waals surface area contributed by atoms with E-state index in [0.29, 0.717) is 17.1 Å². The predicted molar refractivity (Wildman–Crippen MR) is 98.0 cm³/mol. The summed E-state index contributed by atoms with van der Waals surface area (Å²) >= 11 is 0. The van der Waals surface area contributed by atoms with E-state index < -0.39 is 11.7 Å². The molecule has 3 rings (SSSR count). The van der Waals surface area contributed by atoms with E-state index >= 15 is 0 Å². The van der Waals surface area contributed by atoms with Crippen LogP contribution in [0, 0.1) is 5.82 Å². The molecular formula is C20H21FN2O3. The molecule has 0 saturated carbocycles. The van der Waals surface area contributed by atoms with E-state index in [1.54, 1.807) is 12.1 Å². The van der Waals surface area contributed by atoms with E-state index in [1.807, 2.05) is 12.1 Å². The number of carbonyl (C=O) groups excluding carboxylic acids is 2. The fourth-order valence-electron chi connectivity index (χ4n) is 2.75. The zero-order chi connectivity index (χ0) is 18.9. The van der Waals surface area contributed by atoms with E-state index in [4.69, 9.17) is 4.74 Å². The highest BCUT2D eigenvalue weighted by Gasteiger charge is 2.28. The molecular weight excluding hydrogens is 335 g/mol. The lowest BCUT2D eigenvalue weighted by Crippen LogP contribution is -2.43. The zero-order valence-corrected chi connectivity index (χ0v) is 15.0. The van der Waals surface area contributed by atoms with Crippen LogP contribution in [0.3, 0.4) is 0 Å². The third kappa shape index (κ3) is 3.85. The average Bonchev–Trinajstić information content (AvgIpc) is 2.56. The van der Waals surface area contributed by atoms with Crippen molar-refractivity contribution in [3.05, 3.63) is 53.8 Å². The minimum absolute atomic E-state index is 0.0561. The number of fused-ring (bicyclic) bond motifs is 1. The Bertz CT molecular complexity index is 858. The summed E-state index contributed by atoms with van der Waals surface area (Å²) in [6.07, 6.45) is 0. The molecule has 1 aliphatic rings. The topological polar surface area (TPSA) is 58.6 Å². The van der Waals surface area contributed by atoms with E-state index in [0.717, 1.165) is 5.56 Å². The van der Waals surface area contributed by atoms with Gasteiger partial charge in [0.25, 0.3) is 5.91 Å². The summed E-state index contributed by atoms with van der Waals surface area (Å²) in [5.41, 5.74) is 1.93. The molecule has 1 aliphatic heterocycles. The van der Waals surface area contributed by atoms with Crippen molar-refractivity contribution >= 4 is 23.2 Å². The van der Waals surface area contributed by atoms with Gasteiger partial charge < -0.3 is 10.1 Å². The van der Waals surface area contributed by atoms with Crippen molar-refractivity contribution in [3.8, 4) is 5.75 Å². The van der Waals surface area contributed by atoms with Gasteiger partial charge in [0.05, 0.1) is 5.69 Å². The minimum atomic E-state index is -0.440. The summed E-state index contributed by atoms with van der Waals surface area (Å²) in [5, 5.41) is 2.60. The molecule has 1 heterocycles. The standard InChI is InChI=1S/C20H21FN2O3/c1-20(2,3)13-7-8-16-17(9-13)26-12-19(25)23(16)11-18(24)22-15-6-4-5-14(21)10-15/h4-10H,11-12H2,1-3H3,(H,22,24). The Morgan fingerprint density at radius 3 is 2.69 bits per heavy atom. The van der Waals surface area contributed by atoms with Crippen LogP contribution in [0.25, 0.3) is 0 Å². The van der Waals surface area contributed by atoms with Gasteiger partial charge >= 0.3 is 0 Å². The Morgan fingerprint density at radius 1 is 1.23 bits per heavy atom. The van der Waals surface area contributed by atoms with E-state index in [9.17, 15) is 14.0 Å². The molecule has 5 nitrogen and oxygen atoms in total. The van der Waals surface area contributed by atoms with Crippen LogP contribution in [0.15, 0.2) is 42.5 Å². The largest absolute Gasteiger partial charge is 0.482 e. The number of hydrogen-bond donors (Lipinski definition) is 1. The molecule has 1 N–H and O–H groups in total. The number of nitrogens with zero attached hydrogens (tertiary/aromatic N) is 1. The summed E-state index contributed by atoms with van der Waals surface area (Å²) in [6.45, 7) is 5.99. The van der Waals surface area contributed by atoms with Gasteiger partial charge in [-0.15, -0.1) is 0 Å². The Morgan fingerprint density at radius 2 is 2.00 bits per heavy atom. The quantitative estimate of drug-likeness (QED) is 0.916. The van der Waals surface area contributed by atoms with Crippen LogP contribution >= 0.6 is 0 Å². The second-order valence-corrected chi connectivity index (χ2v) is 7.26. The fraction of sp³-hybridized carbons (Fsp3) is 0.300. The lowest BCUT2D eigenvalue weighted by atomic mass is 9.86. The van der Waals surface area contributed by atoms with Crippen molar-refractivity contribution < 1.29 is 18.7 Å². The van der Waals surface area contributed by atoms with Crippen LogP contribution in [0.1, 0.15) is 26.3 Å². The van der Waals surface area contributed by atoms with Gasteiger partial charge in [-0.25, -0.2) is 4.39 Å². The zero-order valence-electron chi connectivity index (χ0n) is 15.0. The van der Waals surface area contributed by atoms with Crippen LogP contribution in [0.2, 0.25) is 0 Å². The monoisotopic (exact) mass is 356 g/mol. The van der Waals surface area contributed by atoms with Crippen molar-refractivity contribution in [2.45, 2.75) is 26.2 Å². The maximum absolute atomic E-state index is 13.2. The van der Waals surface area contributed by atoms with Gasteiger partial charge in [-0.2, -0.15) is 0 Å². The smallest absolute Gasteiger partial charge is 0.265 e. The molecule has 0 radical (unpaired) electrons. The normalized spacial score (nSPS) is 13.8. The van der Waals surface area contributed by atoms with E-state index in [2.05, 4.69) is 26.1 Å². The van der Waals surface area contributed by atoms with Crippen molar-refractivity contribution in [2.75, 3.05) is 23.4 Å². The molecule has 0 saturated heterocycles. The molecule has 2 amide bonds. The summed E-state index contributed by atoms with van der Waals surface area (Å²) in [4.78, 5) is 25.9. The fourth-order valence-corrected chi connectivity index (χ4v) is 2.75. The summed E-state index contributed by atoms with van der Waals surface area (Å²) in [5.74, 6) is -0.562. The Kier molecular flexibility index (Phi) is 4.68. The molecule has 0 fully saturated rings. The van der Waals surface area contributed by atoms with Gasteiger partial charge in [-0.3, -0.25) is 14.5 Å². The molecule has 136 valence electrons. The maximum atomic E-state index is 13.2. The molecule has 26 heavy (non-hydrogen) atoms. The van der Waals surface area contributed by atoms with Gasteiger partial charge in [0.1, 0.15) is 18.1 Å². The Labute approximate surface area is 151 Å². The van der Waals surface area contributed by atoms with Gasteiger partial charge in [0, 0.05) is 5.69 Å². The van der Waals surface area contributed by atoms with E-state index in [-0.39, 0.29) is 24.5 Å². The highest BCUT2D eigenvalue weighted by molar-refractivity contribution is 6.05. The van der Waals surface area contributed by atoms with Crippen LogP contribution in [0.4, 0.5) is 15.8 Å². The number of ether oxygens (including phenoxy) is 1. The summed E-state index contributed by atoms with van der Waals surface area (Å²) in [6, 6.07) is 11.2. The highest BCUT2D eigenvalue weighted by Crippen LogP contribution is 2.36. The third-order valence-electron chi connectivity index (χ3n) is 4.18. The van der Waals surface area contributed by atoms with Crippen molar-refractivity contribution in [1.82, 2.24) is 0 Å². The lowest BCUT2D eigenvalue weighted by Gasteiger charge is -2.30. The summed E-state index contributed by atoms with van der Waals surface area (Å²) in [7, 11) is 0. The third-order valence-corrected chi connectivity index (χ3v) is 4.18. The van der Waals surface area contributed by atoms with E-state index in [1.165, 1.54) is 23.1 Å². The van der Waals surface area contributed by atoms with Gasteiger partial charge in [-0.05, 0) is 41.3 Å². The number of halogens is 1. The molecule has 2 aromatic rings. The first-order valence-electron chi connectivity index (χ1n) is 8.37. The molecule has 0 aromatic heterocycles. The number of hydrogen-bond acceptors (Lipinski definition) is 3. The first kappa shape index (κ1) is 17.9. The number of carbonyl (C=O) groups is 2. The minimum Gasteiger partial charge on any atom is -0.482 e. The van der Waals surface area contributed by atoms with Gasteiger partial charge in [0.15, 0.2) is 6.61 Å². The van der Waals surface area contributed by atoms with Crippen LogP contribution in [-0.4, -0.2) is 25.0 Å². The molecule has 0 aliphatic carbocycles. The van der Waals surface area contributed by atoms with Crippen molar-refractivity contribution in [1.29, 1.82) is 0 Å². The van der Waals surface area contributed by atoms with Gasteiger partial charge in [-0.1, -0.05) is 32.9 Å². The lowest BCUT2D eigenvalue weighted by molar-refractivity contribution is -0.123. The molecule has 6 heteroatoms. The second kappa shape index (κ2) is 6.78. The number of amides is 2. The van der Waals surface area contributed by atoms with Crippen LogP contribution in [-0.2, 0) is 15.0 Å². The van der Waals surface area contributed by atoms with Crippen molar-refractivity contribution in [3.63, 3.8) is 0 Å². The average molecular weight is 356 g/mol. The highest BCUT2D eigenvalue weighted by atomic mass is 19.1. The number of nitrogens with one attached hydrogen (secondary N) is 1. The van der Waals surface area contributed by atoms with Gasteiger partial charge in [0.2, 0.25) is 5.91 Å². The predicted octanol–water partition coefficient (Wildman–Crippen LogP) is 3.49. The van der Waals surface area contributed by atoms with Crippen LogP contribution in [0.5, 0.6) is 5.75 Å². The maximum Gasteiger partial charge on any atom is 0.265 e. The SMILES string of the molecule is CC(C)(C)c1ccc2c(c1)OCC(=O)N2CC(=O)Nc1cccc(F)c1. The Hall–Kier alpha value is -2.89. The number of benzene rings is 2. The number of rotatable bonds is 3. The summed E-state index contributed by atoms with van der Waals surface area (Å²) < 4.78 is 18.8. The van der Waals surface area contributed by atoms with Crippen molar-refractivity contribution in [2.24, 2.45) is 0 Å².